The van der Waals surface area contributed by atoms with Gasteiger partial charge in [-0.1, -0.05) is 11.2 Å². The maximum atomic E-state index is 14.7. The largest absolute Gasteiger partial charge is 0.453 e. The molecule has 0 bridgehead atoms. The molecule has 1 aromatic carbocycles. The smallest absolute Gasteiger partial charge is 0.409 e. The maximum Gasteiger partial charge on any atom is 0.409 e. The number of anilines is 1. The molecule has 1 aliphatic rings. The van der Waals surface area contributed by atoms with Crippen LogP contribution in [0.5, 0.6) is 0 Å². The van der Waals surface area contributed by atoms with E-state index >= 15 is 0 Å². The van der Waals surface area contributed by atoms with Crippen LogP contribution in [0.25, 0.3) is 16.9 Å². The molecule has 5 rings (SSSR count). The number of aromatic nitrogens is 4. The predicted molar refractivity (Wildman–Crippen MR) is 114 cm³/mol. The van der Waals surface area contributed by atoms with E-state index in [1.807, 2.05) is 0 Å². The van der Waals surface area contributed by atoms with E-state index < -0.39 is 17.8 Å². The third-order valence-electron chi connectivity index (χ3n) is 5.63. The molecule has 1 aliphatic heterocycles. The van der Waals surface area contributed by atoms with Crippen LogP contribution in [-0.2, 0) is 4.74 Å². The molecule has 0 spiro atoms. The van der Waals surface area contributed by atoms with Crippen LogP contribution in [0.15, 0.2) is 47.2 Å². The Balaban J connectivity index is 1.38. The lowest BCUT2D eigenvalue weighted by atomic mass is 10.0. The second-order valence-corrected chi connectivity index (χ2v) is 7.70. The summed E-state index contributed by atoms with van der Waals surface area (Å²) in [4.78, 5) is 30.2. The highest BCUT2D eigenvalue weighted by Crippen LogP contribution is 2.30. The molecule has 10 nitrogen and oxygen atoms in total. The lowest BCUT2D eigenvalue weighted by Gasteiger charge is -2.35. The molecule has 1 fully saturated rings. The van der Waals surface area contributed by atoms with Crippen molar-refractivity contribution >= 4 is 23.2 Å². The van der Waals surface area contributed by atoms with E-state index in [-0.39, 0.29) is 23.0 Å². The van der Waals surface area contributed by atoms with Crippen LogP contribution >= 0.6 is 0 Å². The van der Waals surface area contributed by atoms with Crippen LogP contribution in [0, 0.1) is 12.7 Å². The number of likely N-dealkylation sites (tertiary alicyclic amines) is 1. The number of benzene rings is 1. The van der Waals surface area contributed by atoms with Gasteiger partial charge in [-0.3, -0.25) is 4.79 Å². The number of amides is 2. The SMILES string of the molecule is COC(=O)N1CC(c2nc(-c3cc(F)c(C)c(NC(=O)c4cnn5ccccc45)c3)no2)C1. The number of pyridine rings is 1. The van der Waals surface area contributed by atoms with Crippen LogP contribution in [0.3, 0.4) is 0 Å². The van der Waals surface area contributed by atoms with Crippen LogP contribution in [0.4, 0.5) is 14.9 Å². The molecule has 0 atom stereocenters. The van der Waals surface area contributed by atoms with E-state index in [0.29, 0.717) is 35.6 Å². The van der Waals surface area contributed by atoms with Gasteiger partial charge in [-0.25, -0.2) is 13.7 Å². The van der Waals surface area contributed by atoms with Crippen molar-refractivity contribution in [1.29, 1.82) is 0 Å². The molecule has 168 valence electrons. The third kappa shape index (κ3) is 3.67. The second-order valence-electron chi connectivity index (χ2n) is 7.70. The molecule has 11 heteroatoms. The molecule has 4 aromatic rings. The maximum absolute atomic E-state index is 14.7. The van der Waals surface area contributed by atoms with Gasteiger partial charge in [0.15, 0.2) is 0 Å². The normalized spacial score (nSPS) is 13.7. The summed E-state index contributed by atoms with van der Waals surface area (Å²) in [6, 6.07) is 8.27. The summed E-state index contributed by atoms with van der Waals surface area (Å²) in [5, 5.41) is 10.9. The topological polar surface area (TPSA) is 115 Å². The Kier molecular flexibility index (Phi) is 5.00. The quantitative estimate of drug-likeness (QED) is 0.507. The van der Waals surface area contributed by atoms with Gasteiger partial charge in [0.25, 0.3) is 5.91 Å². The zero-order valence-electron chi connectivity index (χ0n) is 17.8. The summed E-state index contributed by atoms with van der Waals surface area (Å²) in [7, 11) is 1.32. The summed E-state index contributed by atoms with van der Waals surface area (Å²) in [6.45, 7) is 2.37. The first-order valence-electron chi connectivity index (χ1n) is 10.2. The Morgan fingerprint density at radius 1 is 1.27 bits per heavy atom. The number of nitrogens with one attached hydrogen (secondary N) is 1. The second kappa shape index (κ2) is 8.01. The Bertz CT molecular complexity index is 1370. The zero-order valence-corrected chi connectivity index (χ0v) is 17.8. The van der Waals surface area contributed by atoms with Gasteiger partial charge in [-0.15, -0.1) is 0 Å². The zero-order chi connectivity index (χ0) is 23.1. The number of ether oxygens (including phenoxy) is 1. The molecular weight excluding hydrogens is 431 g/mol. The predicted octanol–water partition coefficient (Wildman–Crippen LogP) is 3.25. The third-order valence-corrected chi connectivity index (χ3v) is 5.63. The van der Waals surface area contributed by atoms with Gasteiger partial charge in [0.05, 0.1) is 30.3 Å². The fourth-order valence-corrected chi connectivity index (χ4v) is 3.67. The van der Waals surface area contributed by atoms with Crippen LogP contribution in [0.1, 0.15) is 27.7 Å². The first-order valence-corrected chi connectivity index (χ1v) is 10.2. The molecule has 0 saturated carbocycles. The van der Waals surface area contributed by atoms with E-state index in [9.17, 15) is 14.0 Å². The molecule has 1 saturated heterocycles. The van der Waals surface area contributed by atoms with Gasteiger partial charge in [0.2, 0.25) is 11.7 Å². The molecule has 1 N–H and O–H groups in total. The van der Waals surface area contributed by atoms with Crippen LogP contribution in [-0.4, -0.2) is 56.9 Å². The standard InChI is InChI=1S/C22H19FN6O4/c1-12-16(23)7-13(19-26-21(33-27-19)14-10-28(11-14)22(31)32-2)8-17(12)25-20(30)15-9-24-29-6-4-3-5-18(15)29/h3-9,14H,10-11H2,1-2H3,(H,25,30). The van der Waals surface area contributed by atoms with Crippen molar-refractivity contribution < 1.29 is 23.2 Å². The molecule has 0 aliphatic carbocycles. The summed E-state index contributed by atoms with van der Waals surface area (Å²) in [6.07, 6.45) is 2.78. The van der Waals surface area contributed by atoms with Crippen LogP contribution < -0.4 is 5.32 Å². The van der Waals surface area contributed by atoms with Gasteiger partial charge >= 0.3 is 6.09 Å². The fourth-order valence-electron chi connectivity index (χ4n) is 3.67. The van der Waals surface area contributed by atoms with Crippen molar-refractivity contribution in [2.24, 2.45) is 0 Å². The number of hydrogen-bond donors (Lipinski definition) is 1. The van der Waals surface area contributed by atoms with Crippen LogP contribution in [0.2, 0.25) is 0 Å². The highest BCUT2D eigenvalue weighted by Gasteiger charge is 2.36. The Hall–Kier alpha value is -4.28. The average Bonchev–Trinajstić information content (AvgIpc) is 3.43. The number of hydrogen-bond acceptors (Lipinski definition) is 7. The molecule has 2 amide bonds. The molecule has 0 radical (unpaired) electrons. The summed E-state index contributed by atoms with van der Waals surface area (Å²) < 4.78 is 26.3. The summed E-state index contributed by atoms with van der Waals surface area (Å²) >= 11 is 0. The van der Waals surface area contributed by atoms with Gasteiger partial charge in [-0.05, 0) is 31.2 Å². The number of carbonyl (C=O) groups is 2. The van der Waals surface area contributed by atoms with Gasteiger partial charge < -0.3 is 19.5 Å². The number of halogens is 1. The Morgan fingerprint density at radius 2 is 2.09 bits per heavy atom. The number of fused-ring (bicyclic) bond motifs is 1. The average molecular weight is 450 g/mol. The van der Waals surface area contributed by atoms with Crippen molar-refractivity contribution in [3.63, 3.8) is 0 Å². The highest BCUT2D eigenvalue weighted by atomic mass is 19.1. The van der Waals surface area contributed by atoms with E-state index in [4.69, 9.17) is 4.52 Å². The van der Waals surface area contributed by atoms with Crippen molar-refractivity contribution in [3.05, 3.63) is 65.6 Å². The molecule has 4 heterocycles. The Labute approximate surface area is 186 Å². The Morgan fingerprint density at radius 3 is 2.88 bits per heavy atom. The van der Waals surface area contributed by atoms with E-state index in [1.54, 1.807) is 41.9 Å². The van der Waals surface area contributed by atoms with Crippen molar-refractivity contribution in [2.45, 2.75) is 12.8 Å². The number of nitrogens with zero attached hydrogens (tertiary/aromatic N) is 5. The number of rotatable bonds is 4. The van der Waals surface area contributed by atoms with Gasteiger partial charge in [-0.2, -0.15) is 10.1 Å². The number of methoxy groups -OCH3 is 1. The lowest BCUT2D eigenvalue weighted by molar-refractivity contribution is 0.0804. The lowest BCUT2D eigenvalue weighted by Crippen LogP contribution is -2.48. The van der Waals surface area contributed by atoms with Crippen molar-refractivity contribution in [3.8, 4) is 11.4 Å². The first-order chi connectivity index (χ1) is 15.9. The highest BCUT2D eigenvalue weighted by molar-refractivity contribution is 6.09. The van der Waals surface area contributed by atoms with Gasteiger partial charge in [0, 0.05) is 36.1 Å². The van der Waals surface area contributed by atoms with Gasteiger partial charge in [0.1, 0.15) is 5.82 Å². The van der Waals surface area contributed by atoms with E-state index in [1.165, 1.54) is 24.3 Å². The minimum atomic E-state index is -0.519. The van der Waals surface area contributed by atoms with Crippen molar-refractivity contribution in [1.82, 2.24) is 24.7 Å². The minimum absolute atomic E-state index is 0.115. The molecule has 0 unspecified atom stereocenters. The summed E-state index contributed by atoms with van der Waals surface area (Å²) in [5.41, 5.74) is 1.92. The number of carbonyl (C=O) groups excluding carboxylic acids is 2. The fraction of sp³-hybridized carbons (Fsp3) is 0.227. The first kappa shape index (κ1) is 20.6. The molecule has 33 heavy (non-hydrogen) atoms. The minimum Gasteiger partial charge on any atom is -0.453 e. The van der Waals surface area contributed by atoms with E-state index in [0.717, 1.165) is 0 Å². The summed E-state index contributed by atoms with van der Waals surface area (Å²) in [5.74, 6) is -0.512. The van der Waals surface area contributed by atoms with E-state index in [2.05, 4.69) is 25.3 Å². The molecule has 3 aromatic heterocycles. The monoisotopic (exact) mass is 450 g/mol. The molecular formula is C22H19FN6O4. The van der Waals surface area contributed by atoms with Crippen molar-refractivity contribution in [2.75, 3.05) is 25.5 Å².